The number of pyridine rings is 1. The number of carbonyl (C=O) groups is 1. The molecule has 1 amide bonds. The topological polar surface area (TPSA) is 127 Å². The van der Waals surface area contributed by atoms with E-state index in [2.05, 4.69) is 41.1 Å². The third-order valence-corrected chi connectivity index (χ3v) is 3.21. The summed E-state index contributed by atoms with van der Waals surface area (Å²) < 4.78 is 5.16. The molecule has 0 saturated heterocycles. The molecule has 0 atom stereocenters. The molecule has 3 heterocycles. The van der Waals surface area contributed by atoms with Crippen LogP contribution in [0.25, 0.3) is 0 Å². The molecule has 0 saturated carbocycles. The molecule has 0 aliphatic rings. The zero-order valence-electron chi connectivity index (χ0n) is 14.4. The van der Waals surface area contributed by atoms with Crippen molar-refractivity contribution >= 4 is 23.4 Å². The lowest BCUT2D eigenvalue weighted by Crippen LogP contribution is -2.33. The summed E-state index contributed by atoms with van der Waals surface area (Å²) in [6, 6.07) is 11.0. The molecule has 3 N–H and O–H groups in total. The van der Waals surface area contributed by atoms with Crippen molar-refractivity contribution in [3.05, 3.63) is 55.0 Å². The van der Waals surface area contributed by atoms with Crippen molar-refractivity contribution < 1.29 is 9.53 Å². The lowest BCUT2D eigenvalue weighted by molar-refractivity contribution is -0.123. The number of carbonyl (C=O) groups excluding carboxylic acids is 1. The standard InChI is InChI=1S/C17H18N8O2/c26-16(12-27-17-21-8-3-9-22-17)20-11-10-19-14-5-6-15(25-24-14)23-13-4-1-2-7-18-13/h1-9H,10-12H2,(H,19,24)(H,20,26)(H,18,23,25). The van der Waals surface area contributed by atoms with Crippen LogP contribution in [0.2, 0.25) is 0 Å². The molecule has 3 rings (SSSR count). The summed E-state index contributed by atoms with van der Waals surface area (Å²) in [6.45, 7) is 0.764. The van der Waals surface area contributed by atoms with Crippen molar-refractivity contribution in [1.82, 2.24) is 30.5 Å². The summed E-state index contributed by atoms with van der Waals surface area (Å²) in [4.78, 5) is 23.6. The fraction of sp³-hybridized carbons (Fsp3) is 0.176. The molecule has 0 radical (unpaired) electrons. The van der Waals surface area contributed by atoms with E-state index >= 15 is 0 Å². The van der Waals surface area contributed by atoms with Crippen LogP contribution in [0.4, 0.5) is 17.5 Å². The normalized spacial score (nSPS) is 10.1. The van der Waals surface area contributed by atoms with Crippen molar-refractivity contribution in [2.45, 2.75) is 0 Å². The summed E-state index contributed by atoms with van der Waals surface area (Å²) in [5.74, 6) is 1.63. The van der Waals surface area contributed by atoms with E-state index in [4.69, 9.17) is 4.74 Å². The molecule has 0 fully saturated rings. The van der Waals surface area contributed by atoms with E-state index < -0.39 is 0 Å². The van der Waals surface area contributed by atoms with Crippen LogP contribution in [-0.2, 0) is 4.79 Å². The van der Waals surface area contributed by atoms with Crippen molar-refractivity contribution in [3.8, 4) is 6.01 Å². The van der Waals surface area contributed by atoms with E-state index in [1.54, 1.807) is 36.8 Å². The van der Waals surface area contributed by atoms with Crippen molar-refractivity contribution in [2.24, 2.45) is 0 Å². The van der Waals surface area contributed by atoms with Crippen LogP contribution >= 0.6 is 0 Å². The van der Waals surface area contributed by atoms with E-state index in [1.807, 2.05) is 18.2 Å². The molecule has 0 bridgehead atoms. The lowest BCUT2D eigenvalue weighted by atomic mass is 10.4. The van der Waals surface area contributed by atoms with Crippen LogP contribution in [0, 0.1) is 0 Å². The second-order valence-corrected chi connectivity index (χ2v) is 5.24. The highest BCUT2D eigenvalue weighted by atomic mass is 16.5. The first-order valence-electron chi connectivity index (χ1n) is 8.22. The Kier molecular flexibility index (Phi) is 6.40. The molecule has 3 aromatic heterocycles. The monoisotopic (exact) mass is 366 g/mol. The van der Waals surface area contributed by atoms with Crippen LogP contribution in [0.15, 0.2) is 55.0 Å². The van der Waals surface area contributed by atoms with Gasteiger partial charge in [-0.1, -0.05) is 6.07 Å². The Morgan fingerprint density at radius 1 is 0.852 bits per heavy atom. The number of hydrogen-bond donors (Lipinski definition) is 3. The number of amides is 1. The molecule has 10 nitrogen and oxygen atoms in total. The van der Waals surface area contributed by atoms with Gasteiger partial charge in [0, 0.05) is 31.7 Å². The quantitative estimate of drug-likeness (QED) is 0.475. The average Bonchev–Trinajstić information content (AvgIpc) is 2.72. The Balaban J connectivity index is 1.33. The zero-order chi connectivity index (χ0) is 18.7. The maximum absolute atomic E-state index is 11.7. The molecule has 0 aromatic carbocycles. The molecule has 0 aliphatic heterocycles. The number of aromatic nitrogens is 5. The molecular weight excluding hydrogens is 348 g/mol. The summed E-state index contributed by atoms with van der Waals surface area (Å²) in [5.41, 5.74) is 0. The van der Waals surface area contributed by atoms with Crippen LogP contribution < -0.4 is 20.7 Å². The number of hydrogen-bond acceptors (Lipinski definition) is 9. The fourth-order valence-electron chi connectivity index (χ4n) is 1.99. The lowest BCUT2D eigenvalue weighted by Gasteiger charge is -2.08. The number of rotatable bonds is 9. The second-order valence-electron chi connectivity index (χ2n) is 5.24. The molecule has 138 valence electrons. The van der Waals surface area contributed by atoms with Gasteiger partial charge < -0.3 is 20.7 Å². The van der Waals surface area contributed by atoms with Gasteiger partial charge >= 0.3 is 6.01 Å². The van der Waals surface area contributed by atoms with Gasteiger partial charge in [-0.2, -0.15) is 0 Å². The fourth-order valence-corrected chi connectivity index (χ4v) is 1.99. The largest absolute Gasteiger partial charge is 0.453 e. The average molecular weight is 366 g/mol. The van der Waals surface area contributed by atoms with Gasteiger partial charge in [0.25, 0.3) is 5.91 Å². The minimum Gasteiger partial charge on any atom is -0.453 e. The van der Waals surface area contributed by atoms with Crippen LogP contribution in [0.5, 0.6) is 6.01 Å². The van der Waals surface area contributed by atoms with Gasteiger partial charge in [-0.05, 0) is 30.3 Å². The summed E-state index contributed by atoms with van der Waals surface area (Å²) >= 11 is 0. The molecule has 10 heteroatoms. The third-order valence-electron chi connectivity index (χ3n) is 3.21. The predicted molar refractivity (Wildman–Crippen MR) is 98.6 cm³/mol. The minimum atomic E-state index is -0.259. The van der Waals surface area contributed by atoms with Crippen LogP contribution in [-0.4, -0.2) is 50.8 Å². The van der Waals surface area contributed by atoms with Crippen LogP contribution in [0.1, 0.15) is 0 Å². The van der Waals surface area contributed by atoms with Gasteiger partial charge in [-0.15, -0.1) is 10.2 Å². The van der Waals surface area contributed by atoms with Crippen molar-refractivity contribution in [1.29, 1.82) is 0 Å². The van der Waals surface area contributed by atoms with Crippen molar-refractivity contribution in [3.63, 3.8) is 0 Å². The van der Waals surface area contributed by atoms with Crippen LogP contribution in [0.3, 0.4) is 0 Å². The van der Waals surface area contributed by atoms with E-state index in [1.165, 1.54) is 0 Å². The Morgan fingerprint density at radius 3 is 2.37 bits per heavy atom. The first-order valence-corrected chi connectivity index (χ1v) is 8.22. The maximum atomic E-state index is 11.7. The summed E-state index contributed by atoms with van der Waals surface area (Å²) in [5, 5.41) is 17.0. The van der Waals surface area contributed by atoms with Gasteiger partial charge in [-0.3, -0.25) is 4.79 Å². The highest BCUT2D eigenvalue weighted by molar-refractivity contribution is 5.77. The first kappa shape index (κ1) is 18.0. The molecule has 3 aromatic rings. The first-order chi connectivity index (χ1) is 13.3. The molecule has 0 spiro atoms. The number of nitrogens with one attached hydrogen (secondary N) is 3. The highest BCUT2D eigenvalue weighted by Gasteiger charge is 2.04. The third kappa shape index (κ3) is 6.20. The van der Waals surface area contributed by atoms with E-state index in [-0.39, 0.29) is 18.5 Å². The summed E-state index contributed by atoms with van der Waals surface area (Å²) in [7, 11) is 0. The van der Waals surface area contributed by atoms with E-state index in [0.717, 1.165) is 0 Å². The van der Waals surface area contributed by atoms with Gasteiger partial charge in [0.05, 0.1) is 0 Å². The van der Waals surface area contributed by atoms with Gasteiger partial charge in [0.1, 0.15) is 11.6 Å². The highest BCUT2D eigenvalue weighted by Crippen LogP contribution is 2.11. The number of nitrogens with zero attached hydrogens (tertiary/aromatic N) is 5. The Bertz CT molecular complexity index is 831. The van der Waals surface area contributed by atoms with Crippen molar-refractivity contribution in [2.75, 3.05) is 30.3 Å². The molecule has 27 heavy (non-hydrogen) atoms. The Hall–Kier alpha value is -3.82. The maximum Gasteiger partial charge on any atom is 0.316 e. The van der Waals surface area contributed by atoms with E-state index in [9.17, 15) is 4.79 Å². The minimum absolute atomic E-state index is 0.141. The Labute approximate surface area is 155 Å². The second kappa shape index (κ2) is 9.61. The number of ether oxygens (including phenoxy) is 1. The molecular formula is C17H18N8O2. The zero-order valence-corrected chi connectivity index (χ0v) is 14.4. The smallest absolute Gasteiger partial charge is 0.316 e. The predicted octanol–water partition coefficient (Wildman–Crippen LogP) is 1.01. The van der Waals surface area contributed by atoms with E-state index in [0.29, 0.717) is 30.5 Å². The SMILES string of the molecule is O=C(COc1ncccn1)NCCNc1ccc(Nc2ccccn2)nn1. The Morgan fingerprint density at radius 2 is 1.63 bits per heavy atom. The van der Waals surface area contributed by atoms with Gasteiger partial charge in [0.15, 0.2) is 12.4 Å². The molecule has 0 unspecified atom stereocenters. The number of anilines is 3. The molecule has 0 aliphatic carbocycles. The van der Waals surface area contributed by atoms with Gasteiger partial charge in [-0.25, -0.2) is 15.0 Å². The van der Waals surface area contributed by atoms with Gasteiger partial charge in [0.2, 0.25) is 0 Å². The summed E-state index contributed by atoms with van der Waals surface area (Å²) in [6.07, 6.45) is 4.78.